The van der Waals surface area contributed by atoms with Crippen LogP contribution in [0.1, 0.15) is 80.4 Å². The number of nitrogens with two attached hydrogens (primary N) is 1. The number of amides is 1. The van der Waals surface area contributed by atoms with Gasteiger partial charge in [-0.2, -0.15) is 0 Å². The van der Waals surface area contributed by atoms with Gasteiger partial charge in [0.05, 0.1) is 30.8 Å². The number of nitrogens with zero attached hydrogens (tertiary/aromatic N) is 1. The Hall–Kier alpha value is -2.97. The summed E-state index contributed by atoms with van der Waals surface area (Å²) in [6.45, 7) is 17.1. The van der Waals surface area contributed by atoms with E-state index in [1.807, 2.05) is 27.7 Å². The minimum Gasteiger partial charge on any atom is -0.498 e. The Labute approximate surface area is 186 Å². The van der Waals surface area contributed by atoms with Crippen LogP contribution in [0.15, 0.2) is 23.7 Å². The fourth-order valence-electron chi connectivity index (χ4n) is 1.91. The Morgan fingerprint density at radius 1 is 1.06 bits per heavy atom. The van der Waals surface area contributed by atoms with Crippen molar-refractivity contribution in [2.24, 2.45) is 5.73 Å². The lowest BCUT2D eigenvalue weighted by Crippen LogP contribution is -2.16. The van der Waals surface area contributed by atoms with E-state index < -0.39 is 17.1 Å². The van der Waals surface area contributed by atoms with Gasteiger partial charge in [-0.25, -0.2) is 4.79 Å². The van der Waals surface area contributed by atoms with Crippen molar-refractivity contribution in [2.45, 2.75) is 74.8 Å². The van der Waals surface area contributed by atoms with Crippen LogP contribution in [0.2, 0.25) is 0 Å². The molecule has 0 spiro atoms. The Morgan fingerprint density at radius 3 is 1.90 bits per heavy atom. The highest BCUT2D eigenvalue weighted by molar-refractivity contribution is 5.65. The number of rotatable bonds is 7. The van der Waals surface area contributed by atoms with Crippen molar-refractivity contribution in [3.8, 4) is 11.5 Å². The van der Waals surface area contributed by atoms with E-state index >= 15 is 0 Å². The molecule has 31 heavy (non-hydrogen) atoms. The molecule has 0 aliphatic carbocycles. The van der Waals surface area contributed by atoms with E-state index in [1.54, 1.807) is 13.8 Å². The first-order chi connectivity index (χ1) is 14.6. The lowest BCUT2D eigenvalue weighted by molar-refractivity contribution is -0.386. The van der Waals surface area contributed by atoms with Crippen molar-refractivity contribution in [1.29, 1.82) is 0 Å². The van der Waals surface area contributed by atoms with E-state index in [0.29, 0.717) is 11.5 Å². The molecule has 0 fully saturated rings. The van der Waals surface area contributed by atoms with Crippen LogP contribution in [0.25, 0.3) is 0 Å². The first kappa shape index (κ1) is 32.7. The lowest BCUT2D eigenvalue weighted by atomic mass is 10.1. The summed E-state index contributed by atoms with van der Waals surface area (Å²) >= 11 is 0. The number of allylic oxidation sites excluding steroid dienone is 2. The summed E-state index contributed by atoms with van der Waals surface area (Å²) in [6.07, 6.45) is -0.714. The van der Waals surface area contributed by atoms with Gasteiger partial charge >= 0.3 is 6.09 Å². The largest absolute Gasteiger partial charge is 0.498 e. The summed E-state index contributed by atoms with van der Waals surface area (Å²) in [5.41, 5.74) is 4.81. The maximum atomic E-state index is 11.3. The van der Waals surface area contributed by atoms with Crippen LogP contribution in [-0.4, -0.2) is 25.2 Å². The molecule has 0 heterocycles. The van der Waals surface area contributed by atoms with E-state index in [0.717, 1.165) is 0 Å². The number of primary amides is 1. The number of hydrogen-bond donors (Lipinski definition) is 1. The summed E-state index contributed by atoms with van der Waals surface area (Å²) in [4.78, 5) is 21.6. The van der Waals surface area contributed by atoms with Crippen molar-refractivity contribution < 1.29 is 28.7 Å². The average molecular weight is 445 g/mol. The Morgan fingerprint density at radius 2 is 1.55 bits per heavy atom. The van der Waals surface area contributed by atoms with Gasteiger partial charge in [0.2, 0.25) is 0 Å². The highest BCUT2D eigenvalue weighted by atomic mass is 16.6. The third-order valence-electron chi connectivity index (χ3n) is 3.31. The zero-order valence-electron chi connectivity index (χ0n) is 20.8. The maximum Gasteiger partial charge on any atom is 0.405 e. The third-order valence-corrected chi connectivity index (χ3v) is 3.31. The van der Waals surface area contributed by atoms with Crippen LogP contribution >= 0.6 is 0 Å². The smallest absolute Gasteiger partial charge is 0.405 e. The molecule has 1 amide bonds. The van der Waals surface area contributed by atoms with Gasteiger partial charge in [0.25, 0.3) is 5.69 Å². The molecule has 9 nitrogen and oxygen atoms in total. The number of nitro benzene ring substituents is 1. The second kappa shape index (κ2) is 19.0. The molecule has 0 aromatic heterocycles. The monoisotopic (exact) mass is 444 g/mol. The molecule has 1 aromatic rings. The molecule has 0 radical (unpaired) electrons. The molecule has 1 atom stereocenters. The minimum absolute atomic E-state index is 0.132. The Balaban J connectivity index is -0.000000999. The van der Waals surface area contributed by atoms with Crippen LogP contribution in [0.3, 0.4) is 0 Å². The van der Waals surface area contributed by atoms with Crippen LogP contribution < -0.4 is 15.2 Å². The predicted octanol–water partition coefficient (Wildman–Crippen LogP) is 6.51. The van der Waals surface area contributed by atoms with Gasteiger partial charge in [-0.1, -0.05) is 48.0 Å². The van der Waals surface area contributed by atoms with Crippen molar-refractivity contribution in [3.63, 3.8) is 0 Å². The van der Waals surface area contributed by atoms with Crippen LogP contribution in [0.4, 0.5) is 10.5 Å². The summed E-state index contributed by atoms with van der Waals surface area (Å²) in [5.74, 6) is 1.29. The number of carbonyl (C=O) groups is 1. The number of nitro groups is 1. The topological polar surface area (TPSA) is 123 Å². The SMILES string of the molecule is CC.CC.CCC.COC(C)=C(C)Oc1cc([N+](=O)[O-])c(C(C)OC(N)=O)cc1OC. The van der Waals surface area contributed by atoms with Gasteiger partial charge in [0.15, 0.2) is 11.5 Å². The number of ether oxygens (including phenoxy) is 4. The molecule has 1 unspecified atom stereocenters. The fourth-order valence-corrected chi connectivity index (χ4v) is 1.91. The fraction of sp³-hybridized carbons (Fsp3) is 0.591. The van der Waals surface area contributed by atoms with Crippen molar-refractivity contribution in [2.75, 3.05) is 14.2 Å². The zero-order chi connectivity index (χ0) is 25.1. The molecule has 1 aromatic carbocycles. The van der Waals surface area contributed by atoms with Crippen molar-refractivity contribution in [1.82, 2.24) is 0 Å². The molecular formula is C22H40N2O7. The van der Waals surface area contributed by atoms with Crippen LogP contribution in [0, 0.1) is 10.1 Å². The van der Waals surface area contributed by atoms with Gasteiger partial charge in [-0.05, 0) is 26.8 Å². The van der Waals surface area contributed by atoms with E-state index in [4.69, 9.17) is 24.7 Å². The Bertz CT molecular complexity index is 689. The maximum absolute atomic E-state index is 11.3. The van der Waals surface area contributed by atoms with Gasteiger partial charge in [0.1, 0.15) is 17.6 Å². The summed E-state index contributed by atoms with van der Waals surface area (Å²) in [5, 5.41) is 11.3. The predicted molar refractivity (Wildman–Crippen MR) is 123 cm³/mol. The lowest BCUT2D eigenvalue weighted by Gasteiger charge is -2.16. The second-order valence-electron chi connectivity index (χ2n) is 5.52. The van der Waals surface area contributed by atoms with Crippen LogP contribution in [0.5, 0.6) is 11.5 Å². The normalized spacial score (nSPS) is 10.8. The van der Waals surface area contributed by atoms with E-state index in [9.17, 15) is 14.9 Å². The molecule has 9 heteroatoms. The van der Waals surface area contributed by atoms with Crippen LogP contribution in [-0.2, 0) is 9.47 Å². The average Bonchev–Trinajstić information content (AvgIpc) is 2.75. The molecule has 1 rings (SSSR count). The van der Waals surface area contributed by atoms with Gasteiger partial charge in [-0.3, -0.25) is 10.1 Å². The molecular weight excluding hydrogens is 404 g/mol. The molecule has 0 bridgehead atoms. The number of carbonyl (C=O) groups excluding carboxylic acids is 1. The third kappa shape index (κ3) is 12.3. The summed E-state index contributed by atoms with van der Waals surface area (Å²) in [6, 6.07) is 2.57. The highest BCUT2D eigenvalue weighted by Gasteiger charge is 2.26. The van der Waals surface area contributed by atoms with E-state index in [1.165, 1.54) is 39.7 Å². The Kier molecular flexibility index (Phi) is 20.1. The minimum atomic E-state index is -1.04. The standard InChI is InChI=1S/C15H20N2O7.C3H8.2C2H6/c1-8(21-4)9(2)23-14-7-12(17(19)20)11(6-13(14)22-5)10(3)24-15(16)18;1-3-2;2*1-2/h6-7,10H,1-5H3,(H2,16,18);3H2,1-2H3;2*1-2H3. The quantitative estimate of drug-likeness (QED) is 0.289. The molecule has 0 aliphatic heterocycles. The first-order valence-electron chi connectivity index (χ1n) is 10.3. The summed E-state index contributed by atoms with van der Waals surface area (Å²) < 4.78 is 20.7. The van der Waals surface area contributed by atoms with Gasteiger partial charge in [0, 0.05) is 0 Å². The van der Waals surface area contributed by atoms with Crippen molar-refractivity contribution in [3.05, 3.63) is 39.3 Å². The molecule has 2 N–H and O–H groups in total. The van der Waals surface area contributed by atoms with E-state index in [2.05, 4.69) is 13.8 Å². The zero-order valence-corrected chi connectivity index (χ0v) is 20.8. The second-order valence-corrected chi connectivity index (χ2v) is 5.52. The first-order valence-corrected chi connectivity index (χ1v) is 10.3. The molecule has 0 aliphatic rings. The molecule has 0 saturated carbocycles. The van der Waals surface area contributed by atoms with Crippen molar-refractivity contribution >= 4 is 11.8 Å². The number of methoxy groups -OCH3 is 2. The van der Waals surface area contributed by atoms with Gasteiger partial charge < -0.3 is 24.7 Å². The molecule has 180 valence electrons. The van der Waals surface area contributed by atoms with Gasteiger partial charge in [-0.15, -0.1) is 0 Å². The highest BCUT2D eigenvalue weighted by Crippen LogP contribution is 2.39. The van der Waals surface area contributed by atoms with E-state index in [-0.39, 0.29) is 22.7 Å². The molecule has 0 saturated heterocycles. The summed E-state index contributed by atoms with van der Waals surface area (Å²) in [7, 11) is 2.87. The number of benzene rings is 1. The number of hydrogen-bond acceptors (Lipinski definition) is 7.